The number of carbonyl (C=O) groups excluding carboxylic acids is 1. The second kappa shape index (κ2) is 7.73. The molecule has 1 amide bonds. The van der Waals surface area contributed by atoms with E-state index < -0.39 is 0 Å². The Kier molecular flexibility index (Phi) is 5.69. The highest BCUT2D eigenvalue weighted by Gasteiger charge is 2.14. The molecule has 22 heavy (non-hydrogen) atoms. The third-order valence-electron chi connectivity index (χ3n) is 3.77. The van der Waals surface area contributed by atoms with Gasteiger partial charge < -0.3 is 9.84 Å². The van der Waals surface area contributed by atoms with Crippen molar-refractivity contribution in [3.8, 4) is 11.4 Å². The third-order valence-corrected chi connectivity index (χ3v) is 3.77. The molecule has 0 aliphatic rings. The van der Waals surface area contributed by atoms with Gasteiger partial charge in [-0.25, -0.2) is 0 Å². The van der Waals surface area contributed by atoms with E-state index in [1.165, 1.54) is 5.56 Å². The quantitative estimate of drug-likeness (QED) is 0.853. The van der Waals surface area contributed by atoms with Crippen molar-refractivity contribution in [2.24, 2.45) is 5.92 Å². The molecule has 0 unspecified atom stereocenters. The van der Waals surface area contributed by atoms with Crippen LogP contribution >= 0.6 is 0 Å². The molecule has 0 bridgehead atoms. The second-order valence-electron chi connectivity index (χ2n) is 5.43. The van der Waals surface area contributed by atoms with Gasteiger partial charge in [0.2, 0.25) is 17.6 Å². The van der Waals surface area contributed by atoms with Crippen molar-refractivity contribution >= 4 is 5.91 Å². The Bertz CT molecular complexity index is 601. The molecule has 0 aliphatic carbocycles. The SMILES string of the molecule is CCC(CC)C(=O)NCCc1nc(-c2ccc(C)cc2)no1. The van der Waals surface area contributed by atoms with Gasteiger partial charge >= 0.3 is 0 Å². The van der Waals surface area contributed by atoms with Gasteiger partial charge in [-0.2, -0.15) is 4.98 Å². The normalized spacial score (nSPS) is 10.9. The molecule has 1 heterocycles. The summed E-state index contributed by atoms with van der Waals surface area (Å²) in [4.78, 5) is 16.2. The molecular formula is C17H23N3O2. The lowest BCUT2D eigenvalue weighted by atomic mass is 10.0. The molecular weight excluding hydrogens is 278 g/mol. The van der Waals surface area contributed by atoms with Gasteiger partial charge in [0.05, 0.1) is 0 Å². The summed E-state index contributed by atoms with van der Waals surface area (Å²) in [5.74, 6) is 1.32. The van der Waals surface area contributed by atoms with Crippen LogP contribution in [0.25, 0.3) is 11.4 Å². The van der Waals surface area contributed by atoms with Crippen LogP contribution < -0.4 is 5.32 Å². The zero-order valence-corrected chi connectivity index (χ0v) is 13.4. The Morgan fingerprint density at radius 2 is 1.91 bits per heavy atom. The number of amides is 1. The van der Waals surface area contributed by atoms with Gasteiger partial charge in [-0.15, -0.1) is 0 Å². The van der Waals surface area contributed by atoms with E-state index in [1.54, 1.807) is 0 Å². The molecule has 0 spiro atoms. The van der Waals surface area contributed by atoms with Crippen LogP contribution in [0.4, 0.5) is 0 Å². The smallest absolute Gasteiger partial charge is 0.228 e. The Hall–Kier alpha value is -2.17. The molecule has 2 rings (SSSR count). The molecule has 1 aromatic heterocycles. The lowest BCUT2D eigenvalue weighted by Crippen LogP contribution is -2.31. The summed E-state index contributed by atoms with van der Waals surface area (Å²) in [5.41, 5.74) is 2.12. The minimum absolute atomic E-state index is 0.0887. The molecule has 118 valence electrons. The molecule has 5 heteroatoms. The lowest BCUT2D eigenvalue weighted by Gasteiger charge is -2.11. The lowest BCUT2D eigenvalue weighted by molar-refractivity contribution is -0.125. The van der Waals surface area contributed by atoms with E-state index >= 15 is 0 Å². The standard InChI is InChI=1S/C17H23N3O2/c1-4-13(5-2)17(21)18-11-10-15-19-16(20-22-15)14-8-6-12(3)7-9-14/h6-9,13H,4-5,10-11H2,1-3H3,(H,18,21). The first-order valence-corrected chi connectivity index (χ1v) is 7.81. The summed E-state index contributed by atoms with van der Waals surface area (Å²) < 4.78 is 5.23. The number of carbonyl (C=O) groups is 1. The van der Waals surface area contributed by atoms with Crippen molar-refractivity contribution in [2.45, 2.75) is 40.0 Å². The molecule has 1 aromatic carbocycles. The van der Waals surface area contributed by atoms with Crippen molar-refractivity contribution in [1.82, 2.24) is 15.5 Å². The number of benzene rings is 1. The largest absolute Gasteiger partial charge is 0.355 e. The van der Waals surface area contributed by atoms with Crippen LogP contribution in [0.15, 0.2) is 28.8 Å². The summed E-state index contributed by atoms with van der Waals surface area (Å²) in [6.07, 6.45) is 2.27. The molecule has 2 aromatic rings. The van der Waals surface area contributed by atoms with Gasteiger partial charge in [-0.3, -0.25) is 4.79 Å². The number of aromatic nitrogens is 2. The van der Waals surface area contributed by atoms with Crippen molar-refractivity contribution in [3.63, 3.8) is 0 Å². The fraction of sp³-hybridized carbons (Fsp3) is 0.471. The Morgan fingerprint density at radius 3 is 2.55 bits per heavy atom. The molecule has 0 aliphatic heterocycles. The van der Waals surface area contributed by atoms with E-state index in [1.807, 2.05) is 45.0 Å². The zero-order valence-electron chi connectivity index (χ0n) is 13.4. The number of aryl methyl sites for hydroxylation is 1. The van der Waals surface area contributed by atoms with Crippen LogP contribution in [0.2, 0.25) is 0 Å². The predicted octanol–water partition coefficient (Wildman–Crippen LogP) is 3.14. The summed E-state index contributed by atoms with van der Waals surface area (Å²) in [7, 11) is 0. The number of hydrogen-bond acceptors (Lipinski definition) is 4. The fourth-order valence-electron chi connectivity index (χ4n) is 2.27. The van der Waals surface area contributed by atoms with Crippen molar-refractivity contribution in [2.75, 3.05) is 6.54 Å². The van der Waals surface area contributed by atoms with E-state index in [2.05, 4.69) is 15.5 Å². The number of nitrogens with one attached hydrogen (secondary N) is 1. The van der Waals surface area contributed by atoms with Crippen molar-refractivity contribution < 1.29 is 9.32 Å². The zero-order chi connectivity index (χ0) is 15.9. The van der Waals surface area contributed by atoms with E-state index in [-0.39, 0.29) is 11.8 Å². The minimum Gasteiger partial charge on any atom is -0.355 e. The topological polar surface area (TPSA) is 68.0 Å². The van der Waals surface area contributed by atoms with Gasteiger partial charge in [-0.05, 0) is 19.8 Å². The summed E-state index contributed by atoms with van der Waals surface area (Å²) in [6.45, 7) is 6.61. The van der Waals surface area contributed by atoms with E-state index in [4.69, 9.17) is 4.52 Å². The average molecular weight is 301 g/mol. The van der Waals surface area contributed by atoms with Gasteiger partial charge in [0.1, 0.15) is 0 Å². The van der Waals surface area contributed by atoms with Crippen LogP contribution in [-0.2, 0) is 11.2 Å². The maximum absolute atomic E-state index is 11.9. The monoisotopic (exact) mass is 301 g/mol. The minimum atomic E-state index is 0.0887. The Balaban J connectivity index is 1.87. The molecule has 0 radical (unpaired) electrons. The van der Waals surface area contributed by atoms with Crippen LogP contribution in [-0.4, -0.2) is 22.6 Å². The molecule has 1 N–H and O–H groups in total. The van der Waals surface area contributed by atoms with Crippen LogP contribution in [0.3, 0.4) is 0 Å². The maximum atomic E-state index is 11.9. The number of hydrogen-bond donors (Lipinski definition) is 1. The molecule has 5 nitrogen and oxygen atoms in total. The van der Waals surface area contributed by atoms with Gasteiger partial charge in [0.25, 0.3) is 0 Å². The molecule has 0 saturated carbocycles. The highest BCUT2D eigenvalue weighted by molar-refractivity contribution is 5.78. The van der Waals surface area contributed by atoms with Gasteiger partial charge in [-0.1, -0.05) is 48.8 Å². The third kappa shape index (κ3) is 4.16. The first-order valence-electron chi connectivity index (χ1n) is 7.81. The Morgan fingerprint density at radius 1 is 1.23 bits per heavy atom. The number of nitrogens with zero attached hydrogens (tertiary/aromatic N) is 2. The Labute approximate surface area is 131 Å². The van der Waals surface area contributed by atoms with E-state index in [0.29, 0.717) is 24.7 Å². The van der Waals surface area contributed by atoms with Crippen LogP contribution in [0, 0.1) is 12.8 Å². The fourth-order valence-corrected chi connectivity index (χ4v) is 2.27. The van der Waals surface area contributed by atoms with Crippen molar-refractivity contribution in [1.29, 1.82) is 0 Å². The van der Waals surface area contributed by atoms with E-state index in [0.717, 1.165) is 18.4 Å². The highest BCUT2D eigenvalue weighted by Crippen LogP contribution is 2.16. The van der Waals surface area contributed by atoms with E-state index in [9.17, 15) is 4.79 Å². The first kappa shape index (κ1) is 16.2. The summed E-state index contributed by atoms with van der Waals surface area (Å²) in [5, 5.41) is 6.91. The van der Waals surface area contributed by atoms with Crippen molar-refractivity contribution in [3.05, 3.63) is 35.7 Å². The average Bonchev–Trinajstić information content (AvgIpc) is 2.98. The molecule has 0 atom stereocenters. The predicted molar refractivity (Wildman–Crippen MR) is 85.3 cm³/mol. The molecule has 0 saturated heterocycles. The van der Waals surface area contributed by atoms with Gasteiger partial charge in [0.15, 0.2) is 0 Å². The first-order chi connectivity index (χ1) is 10.6. The summed E-state index contributed by atoms with van der Waals surface area (Å²) in [6, 6.07) is 7.97. The van der Waals surface area contributed by atoms with Crippen LogP contribution in [0.1, 0.15) is 38.1 Å². The maximum Gasteiger partial charge on any atom is 0.228 e. The highest BCUT2D eigenvalue weighted by atomic mass is 16.5. The molecule has 0 fully saturated rings. The summed E-state index contributed by atoms with van der Waals surface area (Å²) >= 11 is 0. The van der Waals surface area contributed by atoms with Gasteiger partial charge in [0, 0.05) is 24.4 Å². The van der Waals surface area contributed by atoms with Crippen LogP contribution in [0.5, 0.6) is 0 Å². The second-order valence-corrected chi connectivity index (χ2v) is 5.43. The number of rotatable bonds is 7.